The van der Waals surface area contributed by atoms with E-state index in [4.69, 9.17) is 4.74 Å². The van der Waals surface area contributed by atoms with Crippen molar-refractivity contribution >= 4 is 17.4 Å². The van der Waals surface area contributed by atoms with E-state index in [1.807, 2.05) is 50.2 Å². The largest absolute Gasteiger partial charge is 0.491 e. The summed E-state index contributed by atoms with van der Waals surface area (Å²) in [4.78, 5) is 24.5. The molecule has 2 aromatic heterocycles. The maximum atomic E-state index is 12.3. The lowest BCUT2D eigenvalue weighted by Crippen LogP contribution is -2.24. The summed E-state index contributed by atoms with van der Waals surface area (Å²) in [6.07, 6.45) is 4.88. The van der Waals surface area contributed by atoms with E-state index in [9.17, 15) is 4.79 Å². The van der Waals surface area contributed by atoms with Crippen molar-refractivity contribution in [2.75, 3.05) is 5.32 Å². The summed E-state index contributed by atoms with van der Waals surface area (Å²) in [5.74, 6) is 1.06. The molecule has 0 atom stereocenters. The highest BCUT2D eigenvalue weighted by atomic mass is 16.5. The van der Waals surface area contributed by atoms with Crippen LogP contribution in [0.15, 0.2) is 61.2 Å². The number of carbonyl (C=O) groups is 1. The van der Waals surface area contributed by atoms with Crippen LogP contribution in [0.25, 0.3) is 0 Å². The SMILES string of the molecule is CC(C)Oc1ccc(Nc2cc(C(=O)NCc3cccnc3)ncn2)cc1. The smallest absolute Gasteiger partial charge is 0.270 e. The molecule has 0 unspecified atom stereocenters. The Labute approximate surface area is 157 Å². The fourth-order valence-corrected chi connectivity index (χ4v) is 2.36. The van der Waals surface area contributed by atoms with Gasteiger partial charge in [0, 0.05) is 30.7 Å². The minimum absolute atomic E-state index is 0.124. The van der Waals surface area contributed by atoms with Crippen LogP contribution in [0.3, 0.4) is 0 Å². The summed E-state index contributed by atoms with van der Waals surface area (Å²) >= 11 is 0. The van der Waals surface area contributed by atoms with E-state index in [1.54, 1.807) is 18.5 Å². The van der Waals surface area contributed by atoms with Crippen LogP contribution in [0.4, 0.5) is 11.5 Å². The fourth-order valence-electron chi connectivity index (χ4n) is 2.36. The first-order valence-corrected chi connectivity index (χ1v) is 8.63. The number of nitrogens with one attached hydrogen (secondary N) is 2. The molecule has 0 spiro atoms. The molecule has 7 heteroatoms. The number of benzene rings is 1. The molecule has 2 N–H and O–H groups in total. The number of hydrogen-bond acceptors (Lipinski definition) is 6. The number of aromatic nitrogens is 3. The monoisotopic (exact) mass is 363 g/mol. The Morgan fingerprint density at radius 3 is 2.67 bits per heavy atom. The van der Waals surface area contributed by atoms with Crippen molar-refractivity contribution in [3.63, 3.8) is 0 Å². The molecule has 0 saturated heterocycles. The molecule has 3 aromatic rings. The van der Waals surface area contributed by atoms with Crippen molar-refractivity contribution in [3.05, 3.63) is 72.4 Å². The molecule has 0 saturated carbocycles. The lowest BCUT2D eigenvalue weighted by molar-refractivity contribution is 0.0945. The summed E-state index contributed by atoms with van der Waals surface area (Å²) in [7, 11) is 0. The summed E-state index contributed by atoms with van der Waals surface area (Å²) in [6.45, 7) is 4.35. The van der Waals surface area contributed by atoms with Crippen LogP contribution in [0, 0.1) is 0 Å². The molecule has 0 bridgehead atoms. The molecule has 0 fully saturated rings. The highest BCUT2D eigenvalue weighted by molar-refractivity contribution is 5.92. The number of nitrogens with zero attached hydrogens (tertiary/aromatic N) is 3. The first-order valence-electron chi connectivity index (χ1n) is 8.63. The molecular formula is C20H21N5O2. The zero-order chi connectivity index (χ0) is 19.1. The number of pyridine rings is 1. The van der Waals surface area contributed by atoms with E-state index in [2.05, 4.69) is 25.6 Å². The maximum absolute atomic E-state index is 12.3. The van der Waals surface area contributed by atoms with Crippen molar-refractivity contribution in [1.82, 2.24) is 20.3 Å². The Kier molecular flexibility index (Phi) is 5.94. The van der Waals surface area contributed by atoms with Crippen LogP contribution in [0.1, 0.15) is 29.9 Å². The van der Waals surface area contributed by atoms with Crippen LogP contribution in [0.5, 0.6) is 5.75 Å². The molecule has 7 nitrogen and oxygen atoms in total. The molecule has 0 radical (unpaired) electrons. The average molecular weight is 363 g/mol. The summed E-state index contributed by atoms with van der Waals surface area (Å²) in [5.41, 5.74) is 2.05. The topological polar surface area (TPSA) is 89.0 Å². The van der Waals surface area contributed by atoms with Gasteiger partial charge < -0.3 is 15.4 Å². The third-order valence-corrected chi connectivity index (χ3v) is 3.57. The van der Waals surface area contributed by atoms with Crippen LogP contribution < -0.4 is 15.4 Å². The second-order valence-corrected chi connectivity index (χ2v) is 6.15. The first-order chi connectivity index (χ1) is 13.1. The number of rotatable bonds is 7. The summed E-state index contributed by atoms with van der Waals surface area (Å²) < 4.78 is 5.62. The van der Waals surface area contributed by atoms with Gasteiger partial charge >= 0.3 is 0 Å². The maximum Gasteiger partial charge on any atom is 0.270 e. The molecule has 0 aliphatic heterocycles. The predicted molar refractivity (Wildman–Crippen MR) is 103 cm³/mol. The number of hydrogen-bond donors (Lipinski definition) is 2. The van der Waals surface area contributed by atoms with E-state index in [0.29, 0.717) is 12.4 Å². The molecule has 0 aliphatic carbocycles. The second kappa shape index (κ2) is 8.75. The van der Waals surface area contributed by atoms with Gasteiger partial charge in [-0.1, -0.05) is 6.07 Å². The van der Waals surface area contributed by atoms with Gasteiger partial charge in [-0.15, -0.1) is 0 Å². The normalized spacial score (nSPS) is 10.5. The predicted octanol–water partition coefficient (Wildman–Crippen LogP) is 3.33. The Hall–Kier alpha value is -3.48. The molecule has 1 aromatic carbocycles. The number of amides is 1. The van der Waals surface area contributed by atoms with Gasteiger partial charge in [-0.3, -0.25) is 9.78 Å². The van der Waals surface area contributed by atoms with Crippen molar-refractivity contribution in [2.24, 2.45) is 0 Å². The van der Waals surface area contributed by atoms with Crippen molar-refractivity contribution < 1.29 is 9.53 Å². The minimum atomic E-state index is -0.273. The van der Waals surface area contributed by atoms with Crippen LogP contribution in [-0.4, -0.2) is 27.0 Å². The Morgan fingerprint density at radius 2 is 1.96 bits per heavy atom. The van der Waals surface area contributed by atoms with Gasteiger partial charge in [0.1, 0.15) is 23.6 Å². The Bertz CT molecular complexity index is 882. The van der Waals surface area contributed by atoms with Gasteiger partial charge in [0.25, 0.3) is 5.91 Å². The standard InChI is InChI=1S/C20H21N5O2/c1-14(2)27-17-7-5-16(6-8-17)25-19-10-18(23-13-24-19)20(26)22-12-15-4-3-9-21-11-15/h3-11,13-14H,12H2,1-2H3,(H,22,26)(H,23,24,25). The van der Waals surface area contributed by atoms with E-state index in [0.717, 1.165) is 17.0 Å². The lowest BCUT2D eigenvalue weighted by Gasteiger charge is -2.11. The number of anilines is 2. The molecule has 138 valence electrons. The van der Waals surface area contributed by atoms with Gasteiger partial charge in [-0.05, 0) is 49.7 Å². The van der Waals surface area contributed by atoms with Gasteiger partial charge in [-0.25, -0.2) is 9.97 Å². The third kappa shape index (κ3) is 5.50. The van der Waals surface area contributed by atoms with Crippen molar-refractivity contribution in [1.29, 1.82) is 0 Å². The van der Waals surface area contributed by atoms with E-state index in [1.165, 1.54) is 6.33 Å². The fraction of sp³-hybridized carbons (Fsp3) is 0.200. The third-order valence-electron chi connectivity index (χ3n) is 3.57. The van der Waals surface area contributed by atoms with Gasteiger partial charge in [0.15, 0.2) is 0 Å². The van der Waals surface area contributed by atoms with E-state index >= 15 is 0 Å². The van der Waals surface area contributed by atoms with Crippen molar-refractivity contribution in [2.45, 2.75) is 26.5 Å². The lowest BCUT2D eigenvalue weighted by atomic mass is 10.2. The highest BCUT2D eigenvalue weighted by Gasteiger charge is 2.09. The molecular weight excluding hydrogens is 342 g/mol. The van der Waals surface area contributed by atoms with Gasteiger partial charge in [-0.2, -0.15) is 0 Å². The Balaban J connectivity index is 1.62. The minimum Gasteiger partial charge on any atom is -0.491 e. The quantitative estimate of drug-likeness (QED) is 0.669. The molecule has 27 heavy (non-hydrogen) atoms. The summed E-state index contributed by atoms with van der Waals surface area (Å²) in [5, 5.41) is 5.98. The second-order valence-electron chi connectivity index (χ2n) is 6.15. The highest BCUT2D eigenvalue weighted by Crippen LogP contribution is 2.20. The zero-order valence-electron chi connectivity index (χ0n) is 15.2. The van der Waals surface area contributed by atoms with E-state index < -0.39 is 0 Å². The zero-order valence-corrected chi connectivity index (χ0v) is 15.2. The molecule has 0 aliphatic rings. The summed E-state index contributed by atoms with van der Waals surface area (Å²) in [6, 6.07) is 12.9. The average Bonchev–Trinajstić information content (AvgIpc) is 2.68. The van der Waals surface area contributed by atoms with Crippen LogP contribution >= 0.6 is 0 Å². The van der Waals surface area contributed by atoms with Crippen LogP contribution in [0.2, 0.25) is 0 Å². The van der Waals surface area contributed by atoms with Crippen LogP contribution in [-0.2, 0) is 6.54 Å². The van der Waals surface area contributed by atoms with E-state index in [-0.39, 0.29) is 17.7 Å². The number of ether oxygens (including phenoxy) is 1. The molecule has 2 heterocycles. The molecule has 3 rings (SSSR count). The van der Waals surface area contributed by atoms with Gasteiger partial charge in [0.2, 0.25) is 0 Å². The Morgan fingerprint density at radius 1 is 1.15 bits per heavy atom. The molecule has 1 amide bonds. The van der Waals surface area contributed by atoms with Crippen molar-refractivity contribution in [3.8, 4) is 5.75 Å². The number of carbonyl (C=O) groups excluding carboxylic acids is 1. The first kappa shape index (κ1) is 18.3. The van der Waals surface area contributed by atoms with Gasteiger partial charge in [0.05, 0.1) is 6.10 Å².